The molecule has 16 heavy (non-hydrogen) atoms. The van der Waals surface area contributed by atoms with Gasteiger partial charge >= 0.3 is 0 Å². The summed E-state index contributed by atoms with van der Waals surface area (Å²) in [6, 6.07) is 7.17. The average Bonchev–Trinajstić information content (AvgIpc) is 2.50. The molecule has 3 nitrogen and oxygen atoms in total. The number of hydrogen-bond donors (Lipinski definition) is 1. The van der Waals surface area contributed by atoms with Crippen molar-refractivity contribution in [3.8, 4) is 0 Å². The molecular formula is C10H7ClN2OS2. The molecule has 1 saturated heterocycles. The van der Waals surface area contributed by atoms with Gasteiger partial charge in [-0.3, -0.25) is 4.79 Å². The number of amides is 1. The van der Waals surface area contributed by atoms with Crippen molar-refractivity contribution >= 4 is 51.9 Å². The Morgan fingerprint density at radius 1 is 1.38 bits per heavy atom. The van der Waals surface area contributed by atoms with Crippen LogP contribution in [0.25, 0.3) is 6.08 Å². The highest BCUT2D eigenvalue weighted by Gasteiger charge is 2.29. The molecular weight excluding hydrogens is 264 g/mol. The van der Waals surface area contributed by atoms with Crippen LogP contribution in [0.3, 0.4) is 0 Å². The number of thiocarbonyl (C=S) groups is 1. The first-order valence-corrected chi connectivity index (χ1v) is 5.96. The summed E-state index contributed by atoms with van der Waals surface area (Å²) in [6.45, 7) is 0. The van der Waals surface area contributed by atoms with E-state index in [0.717, 1.165) is 10.6 Å². The van der Waals surface area contributed by atoms with Crippen LogP contribution in [0.4, 0.5) is 0 Å². The van der Waals surface area contributed by atoms with Gasteiger partial charge in [-0.05, 0) is 23.8 Å². The molecule has 0 radical (unpaired) electrons. The maximum atomic E-state index is 11.6. The molecule has 0 aromatic heterocycles. The van der Waals surface area contributed by atoms with Crippen LogP contribution in [-0.4, -0.2) is 15.2 Å². The highest BCUT2D eigenvalue weighted by atomic mass is 35.5. The molecule has 0 unspecified atom stereocenters. The van der Waals surface area contributed by atoms with Crippen molar-refractivity contribution in [3.63, 3.8) is 0 Å². The summed E-state index contributed by atoms with van der Waals surface area (Å²) in [5.74, 6) is 5.18. The fourth-order valence-corrected chi connectivity index (χ4v) is 2.42. The standard InChI is InChI=1S/C10H7ClN2OS2/c11-7-3-1-6(2-4-7)5-8-9(14)13(12)10(15)16-8/h1-5H,12H2/b8-5+. The van der Waals surface area contributed by atoms with E-state index in [-0.39, 0.29) is 5.91 Å². The minimum Gasteiger partial charge on any atom is -0.267 e. The summed E-state index contributed by atoms with van der Waals surface area (Å²) in [5, 5.41) is 1.63. The summed E-state index contributed by atoms with van der Waals surface area (Å²) in [7, 11) is 0. The maximum Gasteiger partial charge on any atom is 0.280 e. The Balaban J connectivity index is 2.29. The van der Waals surface area contributed by atoms with Gasteiger partial charge in [0.2, 0.25) is 0 Å². The van der Waals surface area contributed by atoms with Crippen LogP contribution in [-0.2, 0) is 4.79 Å². The second-order valence-electron chi connectivity index (χ2n) is 3.10. The molecule has 1 heterocycles. The van der Waals surface area contributed by atoms with Gasteiger partial charge in [0.25, 0.3) is 5.91 Å². The molecule has 0 aliphatic carbocycles. The molecule has 1 amide bonds. The van der Waals surface area contributed by atoms with Crippen LogP contribution < -0.4 is 5.84 Å². The van der Waals surface area contributed by atoms with E-state index >= 15 is 0 Å². The molecule has 82 valence electrons. The van der Waals surface area contributed by atoms with Crippen molar-refractivity contribution in [2.75, 3.05) is 0 Å². The predicted molar refractivity (Wildman–Crippen MR) is 70.7 cm³/mol. The number of nitrogens with zero attached hydrogens (tertiary/aromatic N) is 1. The van der Waals surface area contributed by atoms with Gasteiger partial charge in [0.05, 0.1) is 4.91 Å². The lowest BCUT2D eigenvalue weighted by molar-refractivity contribution is -0.122. The lowest BCUT2D eigenvalue weighted by Gasteiger charge is -2.02. The molecule has 2 N–H and O–H groups in total. The van der Waals surface area contributed by atoms with E-state index in [1.54, 1.807) is 18.2 Å². The number of benzene rings is 1. The van der Waals surface area contributed by atoms with Gasteiger partial charge < -0.3 is 0 Å². The molecule has 1 fully saturated rings. The number of hydrogen-bond acceptors (Lipinski definition) is 4. The summed E-state index contributed by atoms with van der Waals surface area (Å²) >= 11 is 11.9. The Hall–Kier alpha value is -0.880. The fourth-order valence-electron chi connectivity index (χ4n) is 1.19. The number of carbonyl (C=O) groups excluding carboxylic acids is 1. The topological polar surface area (TPSA) is 46.3 Å². The third kappa shape index (κ3) is 2.27. The van der Waals surface area contributed by atoms with Gasteiger partial charge in [-0.1, -0.05) is 47.7 Å². The maximum absolute atomic E-state index is 11.6. The summed E-state index contributed by atoms with van der Waals surface area (Å²) in [6.07, 6.45) is 1.74. The number of hydrazine groups is 1. The smallest absolute Gasteiger partial charge is 0.267 e. The molecule has 1 aliphatic rings. The zero-order valence-corrected chi connectivity index (χ0v) is 10.4. The van der Waals surface area contributed by atoms with Crippen molar-refractivity contribution < 1.29 is 4.79 Å². The monoisotopic (exact) mass is 270 g/mol. The van der Waals surface area contributed by atoms with Crippen molar-refractivity contribution in [1.82, 2.24) is 5.01 Å². The first-order valence-electron chi connectivity index (χ1n) is 4.36. The van der Waals surface area contributed by atoms with E-state index in [1.165, 1.54) is 11.8 Å². The Morgan fingerprint density at radius 2 is 2.00 bits per heavy atom. The van der Waals surface area contributed by atoms with Crippen molar-refractivity contribution in [2.45, 2.75) is 0 Å². The van der Waals surface area contributed by atoms with Gasteiger partial charge in [0.1, 0.15) is 0 Å². The highest BCUT2D eigenvalue weighted by Crippen LogP contribution is 2.30. The first-order chi connectivity index (χ1) is 7.58. The van der Waals surface area contributed by atoms with E-state index in [0.29, 0.717) is 14.2 Å². The van der Waals surface area contributed by atoms with Crippen molar-refractivity contribution in [1.29, 1.82) is 0 Å². The Morgan fingerprint density at radius 3 is 2.50 bits per heavy atom. The number of carbonyl (C=O) groups is 1. The Kier molecular flexibility index (Phi) is 3.30. The minimum atomic E-state index is -0.273. The minimum absolute atomic E-state index is 0.273. The highest BCUT2D eigenvalue weighted by molar-refractivity contribution is 8.26. The van der Waals surface area contributed by atoms with E-state index in [1.807, 2.05) is 12.1 Å². The quantitative estimate of drug-likeness (QED) is 0.368. The van der Waals surface area contributed by atoms with Crippen LogP contribution >= 0.6 is 35.6 Å². The number of halogens is 1. The number of thioether (sulfide) groups is 1. The third-order valence-electron chi connectivity index (χ3n) is 1.99. The second kappa shape index (κ2) is 4.55. The third-order valence-corrected chi connectivity index (χ3v) is 3.57. The lowest BCUT2D eigenvalue weighted by Crippen LogP contribution is -2.34. The van der Waals surface area contributed by atoms with Gasteiger partial charge in [-0.15, -0.1) is 0 Å². The normalized spacial score (nSPS) is 18.6. The largest absolute Gasteiger partial charge is 0.280 e. The van der Waals surface area contributed by atoms with Crippen LogP contribution in [0, 0.1) is 0 Å². The SMILES string of the molecule is NN1C(=O)/C(=C\c2ccc(Cl)cc2)SC1=S. The number of nitrogens with two attached hydrogens (primary N) is 1. The van der Waals surface area contributed by atoms with Gasteiger partial charge in [-0.2, -0.15) is 0 Å². The van der Waals surface area contributed by atoms with E-state index in [4.69, 9.17) is 29.7 Å². The van der Waals surface area contributed by atoms with Crippen LogP contribution in [0.5, 0.6) is 0 Å². The van der Waals surface area contributed by atoms with Crippen LogP contribution in [0.15, 0.2) is 29.2 Å². The first kappa shape index (κ1) is 11.6. The summed E-state index contributed by atoms with van der Waals surface area (Å²) in [4.78, 5) is 12.1. The Labute approximate surface area is 107 Å². The van der Waals surface area contributed by atoms with E-state index in [2.05, 4.69) is 0 Å². The molecule has 1 aromatic rings. The molecule has 1 aromatic carbocycles. The molecule has 6 heteroatoms. The molecule has 0 bridgehead atoms. The molecule has 0 spiro atoms. The van der Waals surface area contributed by atoms with Crippen molar-refractivity contribution in [2.24, 2.45) is 5.84 Å². The predicted octanol–water partition coefficient (Wildman–Crippen LogP) is 2.41. The van der Waals surface area contributed by atoms with Crippen LogP contribution in [0.2, 0.25) is 5.02 Å². The molecule has 1 aliphatic heterocycles. The Bertz CT molecular complexity index is 484. The summed E-state index contributed by atoms with van der Waals surface area (Å²) in [5.41, 5.74) is 0.887. The van der Waals surface area contributed by atoms with E-state index in [9.17, 15) is 4.79 Å². The van der Waals surface area contributed by atoms with Crippen LogP contribution in [0.1, 0.15) is 5.56 Å². The zero-order chi connectivity index (χ0) is 11.7. The van der Waals surface area contributed by atoms with Gasteiger partial charge in [0.15, 0.2) is 4.32 Å². The molecule has 0 atom stereocenters. The second-order valence-corrected chi connectivity index (χ2v) is 5.22. The van der Waals surface area contributed by atoms with Gasteiger partial charge in [0, 0.05) is 5.02 Å². The fraction of sp³-hybridized carbons (Fsp3) is 0. The molecule has 2 rings (SSSR count). The average molecular weight is 271 g/mol. The zero-order valence-electron chi connectivity index (χ0n) is 8.01. The molecule has 0 saturated carbocycles. The van der Waals surface area contributed by atoms with Crippen molar-refractivity contribution in [3.05, 3.63) is 39.8 Å². The number of rotatable bonds is 1. The lowest BCUT2D eigenvalue weighted by atomic mass is 10.2. The van der Waals surface area contributed by atoms with Gasteiger partial charge in [-0.25, -0.2) is 10.9 Å². The summed E-state index contributed by atoms with van der Waals surface area (Å²) < 4.78 is 0.366. The van der Waals surface area contributed by atoms with E-state index < -0.39 is 0 Å².